The Balaban J connectivity index is 2.47. The summed E-state index contributed by atoms with van der Waals surface area (Å²) in [5, 5.41) is 9.16. The van der Waals surface area contributed by atoms with Crippen LogP contribution >= 0.6 is 11.8 Å². The largest absolute Gasteiger partial charge is 0.492 e. The number of aryl methyl sites for hydroxylation is 1. The van der Waals surface area contributed by atoms with Crippen molar-refractivity contribution in [1.82, 2.24) is 0 Å². The van der Waals surface area contributed by atoms with Crippen molar-refractivity contribution in [3.63, 3.8) is 0 Å². The molecule has 0 saturated heterocycles. The molecular weight excluding hydrogens is 248 g/mol. The van der Waals surface area contributed by atoms with Crippen LogP contribution in [0.5, 0.6) is 5.75 Å². The molecule has 18 heavy (non-hydrogen) atoms. The molecule has 1 aliphatic heterocycles. The summed E-state index contributed by atoms with van der Waals surface area (Å²) in [5.74, 6) is 0.00491. The molecule has 98 valence electrons. The minimum atomic E-state index is -0.876. The number of thioether (sulfide) groups is 1. The fourth-order valence-corrected chi connectivity index (χ4v) is 3.10. The van der Waals surface area contributed by atoms with Crippen molar-refractivity contribution in [3.05, 3.63) is 23.3 Å². The number of carbonyl (C=O) groups is 1. The zero-order chi connectivity index (χ0) is 13.3. The fourth-order valence-electron chi connectivity index (χ4n) is 1.98. The second-order valence-electron chi connectivity index (χ2n) is 5.43. The van der Waals surface area contributed by atoms with E-state index >= 15 is 0 Å². The lowest BCUT2D eigenvalue weighted by Crippen LogP contribution is -2.13. The minimum Gasteiger partial charge on any atom is -0.492 e. The molecule has 0 bridgehead atoms. The summed E-state index contributed by atoms with van der Waals surface area (Å²) in [5.41, 5.74) is 1.37. The molecule has 1 aromatic rings. The minimum absolute atomic E-state index is 0.0334. The van der Waals surface area contributed by atoms with Gasteiger partial charge in [-0.3, -0.25) is 0 Å². The second-order valence-corrected chi connectivity index (χ2v) is 7.30. The predicted octanol–water partition coefficient (Wildman–Crippen LogP) is 3.60. The molecule has 0 spiro atoms. The monoisotopic (exact) mass is 266 g/mol. The lowest BCUT2D eigenvalue weighted by Gasteiger charge is -2.24. The van der Waals surface area contributed by atoms with E-state index in [1.807, 2.05) is 0 Å². The number of hydrogen-bond acceptors (Lipinski definition) is 3. The van der Waals surface area contributed by atoms with Gasteiger partial charge in [-0.25, -0.2) is 4.79 Å². The van der Waals surface area contributed by atoms with Crippen molar-refractivity contribution >= 4 is 17.7 Å². The fraction of sp³-hybridized carbons (Fsp3) is 0.500. The van der Waals surface area contributed by atoms with Gasteiger partial charge in [0, 0.05) is 4.75 Å². The molecule has 0 amide bonds. The quantitative estimate of drug-likeness (QED) is 0.831. The van der Waals surface area contributed by atoms with Gasteiger partial charge in [-0.15, -0.1) is 11.8 Å². The van der Waals surface area contributed by atoms with Crippen molar-refractivity contribution in [2.75, 3.05) is 6.61 Å². The summed E-state index contributed by atoms with van der Waals surface area (Å²) in [6.07, 6.45) is 1.85. The molecule has 1 aliphatic rings. The second kappa shape index (κ2) is 4.84. The standard InChI is InChI=1S/C14H18O3S/c1-14(2,3)18-11-8-10(13(15)16)7-9-5-4-6-17-12(9)11/h7-8H,4-6H2,1-3H3,(H,15,16). The van der Waals surface area contributed by atoms with E-state index < -0.39 is 5.97 Å². The van der Waals surface area contributed by atoms with Crippen molar-refractivity contribution in [3.8, 4) is 5.75 Å². The Morgan fingerprint density at radius 3 is 2.72 bits per heavy atom. The van der Waals surface area contributed by atoms with E-state index in [9.17, 15) is 4.79 Å². The van der Waals surface area contributed by atoms with Crippen LogP contribution in [0.3, 0.4) is 0 Å². The number of rotatable bonds is 2. The third-order valence-electron chi connectivity index (χ3n) is 2.63. The maximum absolute atomic E-state index is 11.2. The summed E-state index contributed by atoms with van der Waals surface area (Å²) in [4.78, 5) is 12.1. The van der Waals surface area contributed by atoms with E-state index in [0.717, 1.165) is 35.7 Å². The Bertz CT molecular complexity index is 475. The first-order valence-electron chi connectivity index (χ1n) is 6.09. The number of carboxylic acid groups (broad SMARTS) is 1. The van der Waals surface area contributed by atoms with Gasteiger partial charge in [0.25, 0.3) is 0 Å². The Morgan fingerprint density at radius 1 is 1.39 bits per heavy atom. The van der Waals surface area contributed by atoms with E-state index in [-0.39, 0.29) is 4.75 Å². The number of carboxylic acids is 1. The molecule has 3 nitrogen and oxygen atoms in total. The summed E-state index contributed by atoms with van der Waals surface area (Å²) >= 11 is 1.66. The zero-order valence-corrected chi connectivity index (χ0v) is 11.8. The van der Waals surface area contributed by atoms with Gasteiger partial charge in [0.2, 0.25) is 0 Å². The maximum atomic E-state index is 11.2. The highest BCUT2D eigenvalue weighted by atomic mass is 32.2. The van der Waals surface area contributed by atoms with Crippen LogP contribution in [0.2, 0.25) is 0 Å². The molecule has 0 atom stereocenters. The summed E-state index contributed by atoms with van der Waals surface area (Å²) < 4.78 is 5.75. The molecule has 1 aromatic carbocycles. The van der Waals surface area contributed by atoms with E-state index in [0.29, 0.717) is 5.56 Å². The molecular formula is C14H18O3S. The van der Waals surface area contributed by atoms with E-state index in [2.05, 4.69) is 20.8 Å². The average molecular weight is 266 g/mol. The molecule has 0 saturated carbocycles. The van der Waals surface area contributed by atoms with Crippen LogP contribution in [0.1, 0.15) is 43.1 Å². The first-order valence-corrected chi connectivity index (χ1v) is 6.90. The van der Waals surface area contributed by atoms with Gasteiger partial charge in [0.05, 0.1) is 17.1 Å². The first kappa shape index (κ1) is 13.3. The summed E-state index contributed by atoms with van der Waals surface area (Å²) in [7, 11) is 0. The zero-order valence-electron chi connectivity index (χ0n) is 10.9. The Morgan fingerprint density at radius 2 is 2.11 bits per heavy atom. The molecule has 4 heteroatoms. The molecule has 1 heterocycles. The first-order chi connectivity index (χ1) is 8.37. The van der Waals surface area contributed by atoms with Crippen LogP contribution in [-0.2, 0) is 6.42 Å². The predicted molar refractivity (Wildman–Crippen MR) is 72.8 cm³/mol. The molecule has 0 aliphatic carbocycles. The number of benzene rings is 1. The van der Waals surface area contributed by atoms with E-state index in [4.69, 9.17) is 9.84 Å². The number of fused-ring (bicyclic) bond motifs is 1. The lowest BCUT2D eigenvalue weighted by molar-refractivity contribution is 0.0696. The van der Waals surface area contributed by atoms with Gasteiger partial charge in [-0.05, 0) is 30.5 Å². The molecule has 0 aromatic heterocycles. The van der Waals surface area contributed by atoms with Crippen LogP contribution in [0.25, 0.3) is 0 Å². The Labute approximate surface area is 112 Å². The molecule has 0 radical (unpaired) electrons. The summed E-state index contributed by atoms with van der Waals surface area (Å²) in [6, 6.07) is 3.46. The number of hydrogen-bond donors (Lipinski definition) is 1. The molecule has 1 N–H and O–H groups in total. The topological polar surface area (TPSA) is 46.5 Å². The van der Waals surface area contributed by atoms with Crippen LogP contribution in [0.15, 0.2) is 17.0 Å². The Hall–Kier alpha value is -1.16. The van der Waals surface area contributed by atoms with Crippen LogP contribution in [-0.4, -0.2) is 22.4 Å². The number of aromatic carboxylic acids is 1. The van der Waals surface area contributed by atoms with Gasteiger partial charge >= 0.3 is 5.97 Å². The maximum Gasteiger partial charge on any atom is 0.335 e. The van der Waals surface area contributed by atoms with Gasteiger partial charge in [0.1, 0.15) is 5.75 Å². The highest BCUT2D eigenvalue weighted by Gasteiger charge is 2.22. The van der Waals surface area contributed by atoms with Gasteiger partial charge in [-0.2, -0.15) is 0 Å². The highest BCUT2D eigenvalue weighted by Crippen LogP contribution is 2.42. The van der Waals surface area contributed by atoms with Crippen molar-refractivity contribution in [2.24, 2.45) is 0 Å². The van der Waals surface area contributed by atoms with Crippen LogP contribution < -0.4 is 4.74 Å². The van der Waals surface area contributed by atoms with Gasteiger partial charge < -0.3 is 9.84 Å². The molecule has 2 rings (SSSR count). The van der Waals surface area contributed by atoms with E-state index in [1.54, 1.807) is 23.9 Å². The SMILES string of the molecule is CC(C)(C)Sc1cc(C(=O)O)cc2c1OCCC2. The lowest BCUT2D eigenvalue weighted by atomic mass is 10.0. The Kier molecular flexibility index (Phi) is 3.57. The van der Waals surface area contributed by atoms with Crippen molar-refractivity contribution < 1.29 is 14.6 Å². The average Bonchev–Trinajstić information content (AvgIpc) is 2.26. The molecule has 0 fully saturated rings. The normalized spacial score (nSPS) is 14.8. The smallest absolute Gasteiger partial charge is 0.335 e. The van der Waals surface area contributed by atoms with Crippen molar-refractivity contribution in [1.29, 1.82) is 0 Å². The van der Waals surface area contributed by atoms with Gasteiger partial charge in [0.15, 0.2) is 0 Å². The van der Waals surface area contributed by atoms with E-state index in [1.165, 1.54) is 0 Å². The highest BCUT2D eigenvalue weighted by molar-refractivity contribution is 8.00. The third kappa shape index (κ3) is 2.99. The van der Waals surface area contributed by atoms with Crippen LogP contribution in [0.4, 0.5) is 0 Å². The third-order valence-corrected chi connectivity index (χ3v) is 3.77. The number of ether oxygens (including phenoxy) is 1. The van der Waals surface area contributed by atoms with Crippen LogP contribution in [0, 0.1) is 0 Å². The van der Waals surface area contributed by atoms with Crippen molar-refractivity contribution in [2.45, 2.75) is 43.3 Å². The van der Waals surface area contributed by atoms with Gasteiger partial charge in [-0.1, -0.05) is 20.8 Å². The molecule has 0 unspecified atom stereocenters. The summed E-state index contributed by atoms with van der Waals surface area (Å²) in [6.45, 7) is 7.05.